The Kier molecular flexibility index (Phi) is 11.9. The maximum atomic E-state index is 10.7. The fraction of sp³-hybridized carbons (Fsp3) is 0.909. The summed E-state index contributed by atoms with van der Waals surface area (Å²) >= 11 is 0. The third-order valence-electron chi connectivity index (χ3n) is 2.03. The van der Waals surface area contributed by atoms with Gasteiger partial charge in [0.1, 0.15) is 0 Å². The van der Waals surface area contributed by atoms with Crippen molar-refractivity contribution in [1.29, 1.82) is 0 Å². The van der Waals surface area contributed by atoms with Crippen LogP contribution in [-0.4, -0.2) is 30.9 Å². The van der Waals surface area contributed by atoms with Crippen molar-refractivity contribution >= 4 is 5.91 Å². The van der Waals surface area contributed by atoms with Crippen LogP contribution in [0, 0.1) is 5.92 Å². The number of carbonyl (C=O) groups excluding carboxylic acids is 1. The van der Waals surface area contributed by atoms with Crippen molar-refractivity contribution in [2.24, 2.45) is 11.7 Å². The van der Waals surface area contributed by atoms with Crippen LogP contribution >= 0.6 is 0 Å². The Bertz CT molecular complexity index is 137. The van der Waals surface area contributed by atoms with Crippen LogP contribution in [0.4, 0.5) is 0 Å². The molecule has 1 heterocycles. The molecule has 1 aliphatic heterocycles. The zero-order valence-corrected chi connectivity index (χ0v) is 10.3. The van der Waals surface area contributed by atoms with E-state index in [1.807, 2.05) is 34.7 Å². The summed E-state index contributed by atoms with van der Waals surface area (Å²) in [6.45, 7) is 9.94. The first kappa shape index (κ1) is 15.9. The van der Waals surface area contributed by atoms with Gasteiger partial charge in [-0.3, -0.25) is 4.79 Å². The van der Waals surface area contributed by atoms with Crippen LogP contribution in [0.25, 0.3) is 0 Å². The second-order valence-electron chi connectivity index (χ2n) is 3.00. The average molecular weight is 202 g/mol. The molecule has 0 aromatic carbocycles. The highest BCUT2D eigenvalue weighted by Crippen LogP contribution is 2.13. The molecule has 1 saturated heterocycles. The number of nitrogens with zero attached hydrogens (tertiary/aromatic N) is 1. The van der Waals surface area contributed by atoms with E-state index in [0.717, 1.165) is 25.9 Å². The number of piperidine rings is 1. The van der Waals surface area contributed by atoms with E-state index < -0.39 is 0 Å². The quantitative estimate of drug-likeness (QED) is 0.705. The van der Waals surface area contributed by atoms with Crippen LogP contribution in [0.15, 0.2) is 0 Å². The van der Waals surface area contributed by atoms with E-state index in [1.165, 1.54) is 0 Å². The standard InChI is InChI=1S/C7H14N2O.2C2H6/c1-9-4-2-3-6(5-9)7(8)10;2*1-2/h6H,2-5H2,1H3,(H2,8,10);2*1-2H3. The van der Waals surface area contributed by atoms with Gasteiger partial charge in [0.25, 0.3) is 0 Å². The Morgan fingerprint density at radius 3 is 2.07 bits per heavy atom. The summed E-state index contributed by atoms with van der Waals surface area (Å²) in [5.74, 6) is -0.0506. The number of hydrogen-bond donors (Lipinski definition) is 1. The highest BCUT2D eigenvalue weighted by molar-refractivity contribution is 5.76. The molecular weight excluding hydrogens is 176 g/mol. The predicted octanol–water partition coefficient (Wildman–Crippen LogP) is 1.87. The Balaban J connectivity index is 0. The Morgan fingerprint density at radius 1 is 1.29 bits per heavy atom. The van der Waals surface area contributed by atoms with Crippen molar-refractivity contribution in [3.8, 4) is 0 Å². The SMILES string of the molecule is CC.CC.CN1CCCC(C(N)=O)C1. The minimum atomic E-state index is -0.147. The van der Waals surface area contributed by atoms with E-state index >= 15 is 0 Å². The molecule has 0 aromatic heterocycles. The summed E-state index contributed by atoms with van der Waals surface area (Å²) < 4.78 is 0. The summed E-state index contributed by atoms with van der Waals surface area (Å²) in [5.41, 5.74) is 5.16. The molecule has 1 aliphatic rings. The molecule has 1 fully saturated rings. The average Bonchev–Trinajstić information content (AvgIpc) is 2.24. The number of primary amides is 1. The van der Waals surface area contributed by atoms with Crippen molar-refractivity contribution in [2.45, 2.75) is 40.5 Å². The van der Waals surface area contributed by atoms with Gasteiger partial charge in [-0.15, -0.1) is 0 Å². The number of hydrogen-bond acceptors (Lipinski definition) is 2. The van der Waals surface area contributed by atoms with Gasteiger partial charge in [-0.25, -0.2) is 0 Å². The number of rotatable bonds is 1. The van der Waals surface area contributed by atoms with Crippen molar-refractivity contribution in [1.82, 2.24) is 4.90 Å². The van der Waals surface area contributed by atoms with E-state index in [-0.39, 0.29) is 11.8 Å². The number of likely N-dealkylation sites (tertiary alicyclic amines) is 1. The first-order valence-electron chi connectivity index (χ1n) is 5.68. The van der Waals surface area contributed by atoms with Crippen LogP contribution in [0.5, 0.6) is 0 Å². The summed E-state index contributed by atoms with van der Waals surface area (Å²) in [6, 6.07) is 0. The van der Waals surface area contributed by atoms with E-state index in [0.29, 0.717) is 0 Å². The second kappa shape index (κ2) is 10.5. The lowest BCUT2D eigenvalue weighted by Gasteiger charge is -2.27. The molecule has 0 aliphatic carbocycles. The lowest BCUT2D eigenvalue weighted by atomic mass is 9.98. The van der Waals surface area contributed by atoms with Gasteiger partial charge < -0.3 is 10.6 Å². The normalized spacial score (nSPS) is 21.1. The fourth-order valence-corrected chi connectivity index (χ4v) is 1.40. The summed E-state index contributed by atoms with van der Waals surface area (Å²) in [4.78, 5) is 12.8. The van der Waals surface area contributed by atoms with Gasteiger partial charge in [0.15, 0.2) is 0 Å². The molecule has 1 amide bonds. The van der Waals surface area contributed by atoms with Crippen LogP contribution in [0.1, 0.15) is 40.5 Å². The van der Waals surface area contributed by atoms with E-state index in [9.17, 15) is 4.79 Å². The lowest BCUT2D eigenvalue weighted by Crippen LogP contribution is -2.38. The van der Waals surface area contributed by atoms with E-state index in [4.69, 9.17) is 5.73 Å². The monoisotopic (exact) mass is 202 g/mol. The number of amides is 1. The third-order valence-corrected chi connectivity index (χ3v) is 2.03. The van der Waals surface area contributed by atoms with Crippen molar-refractivity contribution in [2.75, 3.05) is 20.1 Å². The highest BCUT2D eigenvalue weighted by atomic mass is 16.1. The van der Waals surface area contributed by atoms with Crippen LogP contribution < -0.4 is 5.73 Å². The third kappa shape index (κ3) is 6.89. The molecule has 0 bridgehead atoms. The molecule has 1 atom stereocenters. The zero-order chi connectivity index (χ0) is 11.6. The smallest absolute Gasteiger partial charge is 0.221 e. The Hall–Kier alpha value is -0.570. The number of carbonyl (C=O) groups is 1. The van der Waals surface area contributed by atoms with Gasteiger partial charge in [0.2, 0.25) is 5.91 Å². The minimum absolute atomic E-state index is 0.0961. The van der Waals surface area contributed by atoms with Gasteiger partial charge in [0.05, 0.1) is 5.92 Å². The molecule has 0 saturated carbocycles. The summed E-state index contributed by atoms with van der Waals surface area (Å²) in [6.07, 6.45) is 2.07. The molecule has 3 heteroatoms. The van der Waals surface area contributed by atoms with Crippen molar-refractivity contribution in [3.63, 3.8) is 0 Å². The van der Waals surface area contributed by atoms with E-state index in [2.05, 4.69) is 4.90 Å². The molecule has 0 spiro atoms. The molecule has 3 nitrogen and oxygen atoms in total. The first-order valence-corrected chi connectivity index (χ1v) is 5.68. The largest absolute Gasteiger partial charge is 0.369 e. The summed E-state index contributed by atoms with van der Waals surface area (Å²) in [7, 11) is 2.02. The van der Waals surface area contributed by atoms with Gasteiger partial charge >= 0.3 is 0 Å². The lowest BCUT2D eigenvalue weighted by molar-refractivity contribution is -0.123. The van der Waals surface area contributed by atoms with Gasteiger partial charge in [0, 0.05) is 6.54 Å². The van der Waals surface area contributed by atoms with Crippen molar-refractivity contribution in [3.05, 3.63) is 0 Å². The molecular formula is C11H26N2O. The molecule has 0 aromatic rings. The maximum absolute atomic E-state index is 10.7. The van der Waals surface area contributed by atoms with Gasteiger partial charge in [-0.2, -0.15) is 0 Å². The molecule has 14 heavy (non-hydrogen) atoms. The molecule has 2 N–H and O–H groups in total. The first-order chi connectivity index (χ1) is 6.70. The highest BCUT2D eigenvalue weighted by Gasteiger charge is 2.20. The van der Waals surface area contributed by atoms with Crippen molar-refractivity contribution < 1.29 is 4.79 Å². The Labute approximate surface area is 88.7 Å². The minimum Gasteiger partial charge on any atom is -0.369 e. The molecule has 1 rings (SSSR count). The molecule has 86 valence electrons. The van der Waals surface area contributed by atoms with Gasteiger partial charge in [-0.05, 0) is 26.4 Å². The summed E-state index contributed by atoms with van der Waals surface area (Å²) in [5, 5.41) is 0. The molecule has 1 unspecified atom stereocenters. The molecule has 0 radical (unpaired) electrons. The van der Waals surface area contributed by atoms with E-state index in [1.54, 1.807) is 0 Å². The zero-order valence-electron chi connectivity index (χ0n) is 10.3. The second-order valence-corrected chi connectivity index (χ2v) is 3.00. The number of nitrogens with two attached hydrogens (primary N) is 1. The topological polar surface area (TPSA) is 46.3 Å². The van der Waals surface area contributed by atoms with Crippen LogP contribution in [0.2, 0.25) is 0 Å². The van der Waals surface area contributed by atoms with Crippen LogP contribution in [0.3, 0.4) is 0 Å². The Morgan fingerprint density at radius 2 is 1.79 bits per heavy atom. The maximum Gasteiger partial charge on any atom is 0.221 e. The van der Waals surface area contributed by atoms with Crippen LogP contribution in [-0.2, 0) is 4.79 Å². The predicted molar refractivity (Wildman–Crippen MR) is 62.1 cm³/mol. The fourth-order valence-electron chi connectivity index (χ4n) is 1.40. The van der Waals surface area contributed by atoms with Gasteiger partial charge in [-0.1, -0.05) is 27.7 Å².